The fraction of sp³-hybridized carbons (Fsp3) is 1.00. The SMILES string of the molecule is C1CCNC1.CC1CCCN1. The lowest BCUT2D eigenvalue weighted by molar-refractivity contribution is 0.664. The van der Waals surface area contributed by atoms with E-state index in [-0.39, 0.29) is 0 Å². The predicted octanol–water partition coefficient (Wildman–Crippen LogP) is 1.13. The van der Waals surface area contributed by atoms with Crippen molar-refractivity contribution in [1.82, 2.24) is 10.6 Å². The van der Waals surface area contributed by atoms with Crippen molar-refractivity contribution in [1.29, 1.82) is 0 Å². The van der Waals surface area contributed by atoms with Gasteiger partial charge in [-0.3, -0.25) is 0 Å². The first kappa shape index (κ1) is 9.01. The molecular formula is C9H20N2. The summed E-state index contributed by atoms with van der Waals surface area (Å²) in [6.07, 6.45) is 5.53. The number of hydrogen-bond acceptors (Lipinski definition) is 2. The van der Waals surface area contributed by atoms with Gasteiger partial charge in [0.25, 0.3) is 0 Å². The summed E-state index contributed by atoms with van der Waals surface area (Å²) in [5, 5.41) is 6.54. The molecule has 2 saturated heterocycles. The molecule has 0 aromatic rings. The van der Waals surface area contributed by atoms with Crippen molar-refractivity contribution in [3.8, 4) is 0 Å². The Hall–Kier alpha value is -0.0800. The zero-order chi connectivity index (χ0) is 7.94. The smallest absolute Gasteiger partial charge is 0.00391 e. The summed E-state index contributed by atoms with van der Waals surface area (Å²) in [7, 11) is 0. The van der Waals surface area contributed by atoms with Crippen LogP contribution in [0.4, 0.5) is 0 Å². The molecule has 2 heterocycles. The maximum atomic E-state index is 3.32. The summed E-state index contributed by atoms with van der Waals surface area (Å²) in [5.74, 6) is 0. The van der Waals surface area contributed by atoms with Crippen molar-refractivity contribution in [2.75, 3.05) is 19.6 Å². The number of rotatable bonds is 0. The van der Waals surface area contributed by atoms with Crippen LogP contribution >= 0.6 is 0 Å². The van der Waals surface area contributed by atoms with Crippen molar-refractivity contribution in [3.05, 3.63) is 0 Å². The molecule has 0 amide bonds. The molecule has 2 aliphatic heterocycles. The molecule has 0 aromatic heterocycles. The lowest BCUT2D eigenvalue weighted by Crippen LogP contribution is -2.16. The van der Waals surface area contributed by atoms with Crippen LogP contribution in [0.5, 0.6) is 0 Å². The zero-order valence-electron chi connectivity index (χ0n) is 7.53. The molecule has 1 unspecified atom stereocenters. The average Bonchev–Trinajstić information content (AvgIpc) is 2.57. The normalized spacial score (nSPS) is 29.7. The lowest BCUT2D eigenvalue weighted by atomic mass is 10.3. The minimum absolute atomic E-state index is 0.796. The van der Waals surface area contributed by atoms with E-state index < -0.39 is 0 Å². The minimum atomic E-state index is 0.796. The van der Waals surface area contributed by atoms with E-state index >= 15 is 0 Å². The largest absolute Gasteiger partial charge is 0.317 e. The van der Waals surface area contributed by atoms with Gasteiger partial charge in [-0.2, -0.15) is 0 Å². The minimum Gasteiger partial charge on any atom is -0.317 e. The van der Waals surface area contributed by atoms with Crippen LogP contribution < -0.4 is 10.6 Å². The molecule has 1 atom stereocenters. The van der Waals surface area contributed by atoms with Crippen LogP contribution in [-0.4, -0.2) is 25.7 Å². The van der Waals surface area contributed by atoms with E-state index in [1.807, 2.05) is 0 Å². The molecule has 0 aromatic carbocycles. The molecule has 2 aliphatic rings. The van der Waals surface area contributed by atoms with Gasteiger partial charge < -0.3 is 10.6 Å². The molecule has 0 bridgehead atoms. The molecule has 0 radical (unpaired) electrons. The van der Waals surface area contributed by atoms with Gasteiger partial charge in [-0.25, -0.2) is 0 Å². The summed E-state index contributed by atoms with van der Waals surface area (Å²) in [5.41, 5.74) is 0. The van der Waals surface area contributed by atoms with Gasteiger partial charge in [0.15, 0.2) is 0 Å². The summed E-state index contributed by atoms with van der Waals surface area (Å²) >= 11 is 0. The average molecular weight is 156 g/mol. The Balaban J connectivity index is 0.000000112. The van der Waals surface area contributed by atoms with Crippen molar-refractivity contribution in [2.24, 2.45) is 0 Å². The standard InChI is InChI=1S/C5H11N.C4H9N/c1-5-3-2-4-6-5;1-2-4-5-3-1/h5-6H,2-4H2,1H3;5H,1-4H2. The third kappa shape index (κ3) is 4.38. The zero-order valence-corrected chi connectivity index (χ0v) is 7.53. The van der Waals surface area contributed by atoms with E-state index in [0.29, 0.717) is 0 Å². The monoisotopic (exact) mass is 156 g/mol. The Labute approximate surface area is 69.8 Å². The Morgan fingerprint density at radius 3 is 1.91 bits per heavy atom. The fourth-order valence-electron chi connectivity index (χ4n) is 1.48. The van der Waals surface area contributed by atoms with Gasteiger partial charge in [-0.1, -0.05) is 0 Å². The quantitative estimate of drug-likeness (QED) is 0.549. The lowest BCUT2D eigenvalue weighted by Gasteiger charge is -1.95. The second-order valence-electron chi connectivity index (χ2n) is 3.45. The van der Waals surface area contributed by atoms with Crippen LogP contribution in [0.2, 0.25) is 0 Å². The van der Waals surface area contributed by atoms with Crippen LogP contribution in [-0.2, 0) is 0 Å². The van der Waals surface area contributed by atoms with E-state index in [2.05, 4.69) is 17.6 Å². The highest BCUT2D eigenvalue weighted by Crippen LogP contribution is 2.01. The fourth-order valence-corrected chi connectivity index (χ4v) is 1.48. The van der Waals surface area contributed by atoms with Gasteiger partial charge in [0.2, 0.25) is 0 Å². The summed E-state index contributed by atoms with van der Waals surface area (Å²) in [6, 6.07) is 0.796. The maximum Gasteiger partial charge on any atom is 0.00391 e. The van der Waals surface area contributed by atoms with E-state index in [0.717, 1.165) is 6.04 Å². The second-order valence-corrected chi connectivity index (χ2v) is 3.45. The van der Waals surface area contributed by atoms with Crippen LogP contribution in [0.1, 0.15) is 32.6 Å². The van der Waals surface area contributed by atoms with Crippen molar-refractivity contribution < 1.29 is 0 Å². The molecule has 2 fully saturated rings. The molecule has 66 valence electrons. The summed E-state index contributed by atoms with van der Waals surface area (Å²) in [4.78, 5) is 0. The van der Waals surface area contributed by atoms with Gasteiger partial charge in [-0.05, 0) is 52.2 Å². The van der Waals surface area contributed by atoms with Crippen LogP contribution in [0.3, 0.4) is 0 Å². The van der Waals surface area contributed by atoms with E-state index in [4.69, 9.17) is 0 Å². The van der Waals surface area contributed by atoms with E-state index in [9.17, 15) is 0 Å². The molecule has 11 heavy (non-hydrogen) atoms. The van der Waals surface area contributed by atoms with Gasteiger partial charge in [-0.15, -0.1) is 0 Å². The van der Waals surface area contributed by atoms with Gasteiger partial charge in [0, 0.05) is 6.04 Å². The summed E-state index contributed by atoms with van der Waals surface area (Å²) in [6.45, 7) is 5.97. The van der Waals surface area contributed by atoms with Crippen molar-refractivity contribution in [3.63, 3.8) is 0 Å². The molecule has 2 rings (SSSR count). The molecule has 2 N–H and O–H groups in total. The second kappa shape index (κ2) is 5.56. The van der Waals surface area contributed by atoms with Crippen LogP contribution in [0, 0.1) is 0 Å². The molecular weight excluding hydrogens is 136 g/mol. The van der Waals surface area contributed by atoms with Crippen molar-refractivity contribution >= 4 is 0 Å². The third-order valence-corrected chi connectivity index (χ3v) is 2.26. The first-order chi connectivity index (χ1) is 5.39. The highest BCUT2D eigenvalue weighted by Gasteiger charge is 2.05. The summed E-state index contributed by atoms with van der Waals surface area (Å²) < 4.78 is 0. The number of nitrogens with one attached hydrogen (secondary N) is 2. The molecule has 2 nitrogen and oxygen atoms in total. The van der Waals surface area contributed by atoms with E-state index in [1.54, 1.807) is 0 Å². The Kier molecular flexibility index (Phi) is 4.55. The van der Waals surface area contributed by atoms with Crippen LogP contribution in [0.15, 0.2) is 0 Å². The van der Waals surface area contributed by atoms with Gasteiger partial charge >= 0.3 is 0 Å². The Bertz CT molecular complexity index is 76.0. The third-order valence-electron chi connectivity index (χ3n) is 2.26. The maximum absolute atomic E-state index is 3.32. The van der Waals surface area contributed by atoms with Gasteiger partial charge in [0.1, 0.15) is 0 Å². The molecule has 0 saturated carbocycles. The predicted molar refractivity (Wildman–Crippen MR) is 48.8 cm³/mol. The first-order valence-electron chi connectivity index (χ1n) is 4.83. The Morgan fingerprint density at radius 2 is 1.73 bits per heavy atom. The van der Waals surface area contributed by atoms with E-state index in [1.165, 1.54) is 45.3 Å². The molecule has 0 aliphatic carbocycles. The van der Waals surface area contributed by atoms with Crippen molar-refractivity contribution in [2.45, 2.75) is 38.6 Å². The van der Waals surface area contributed by atoms with Gasteiger partial charge in [0.05, 0.1) is 0 Å². The molecule has 0 spiro atoms. The van der Waals surface area contributed by atoms with Crippen LogP contribution in [0.25, 0.3) is 0 Å². The first-order valence-corrected chi connectivity index (χ1v) is 4.83. The number of hydrogen-bond donors (Lipinski definition) is 2. The molecule has 2 heteroatoms. The highest BCUT2D eigenvalue weighted by atomic mass is 14.9. The highest BCUT2D eigenvalue weighted by molar-refractivity contribution is 4.67. The Morgan fingerprint density at radius 1 is 1.00 bits per heavy atom. The topological polar surface area (TPSA) is 24.1 Å².